The Morgan fingerprint density at radius 1 is 1.25 bits per heavy atom. The smallest absolute Gasteiger partial charge is 0.240 e. The van der Waals surface area contributed by atoms with Gasteiger partial charge >= 0.3 is 0 Å². The van der Waals surface area contributed by atoms with Gasteiger partial charge in [-0.15, -0.1) is 0 Å². The third-order valence-electron chi connectivity index (χ3n) is 2.48. The van der Waals surface area contributed by atoms with Crippen molar-refractivity contribution in [1.82, 2.24) is 0 Å². The number of hydrogen-bond donors (Lipinski definition) is 0. The number of nitrogens with zero attached hydrogens (tertiary/aromatic N) is 1. The van der Waals surface area contributed by atoms with E-state index in [-0.39, 0.29) is 6.10 Å². The Hall–Kier alpha value is -1.64. The lowest BCUT2D eigenvalue weighted by Crippen LogP contribution is -2.25. The Morgan fingerprint density at radius 2 is 1.94 bits per heavy atom. The largest absolute Gasteiger partial charge is 0.490 e. The SMILES string of the molecule is O=C=Nc1ccc(OC2CCOCC2)cc1. The molecule has 0 N–H and O–H groups in total. The van der Waals surface area contributed by atoms with E-state index < -0.39 is 0 Å². The standard InChI is InChI=1S/C12H13NO3/c14-9-13-10-1-3-11(4-2-10)16-12-5-7-15-8-6-12/h1-4,12H,5-8H2. The molecule has 1 fully saturated rings. The summed E-state index contributed by atoms with van der Waals surface area (Å²) in [5, 5.41) is 0. The van der Waals surface area contributed by atoms with E-state index in [9.17, 15) is 4.79 Å². The first kappa shape index (κ1) is 10.9. The minimum Gasteiger partial charge on any atom is -0.490 e. The Kier molecular flexibility index (Phi) is 3.70. The molecule has 0 unspecified atom stereocenters. The monoisotopic (exact) mass is 219 g/mol. The van der Waals surface area contributed by atoms with Crippen LogP contribution >= 0.6 is 0 Å². The summed E-state index contributed by atoms with van der Waals surface area (Å²) in [4.78, 5) is 13.6. The van der Waals surface area contributed by atoms with Crippen LogP contribution in [0.25, 0.3) is 0 Å². The van der Waals surface area contributed by atoms with E-state index in [0.29, 0.717) is 5.69 Å². The van der Waals surface area contributed by atoms with Gasteiger partial charge in [-0.2, -0.15) is 4.99 Å². The van der Waals surface area contributed by atoms with Crippen molar-refractivity contribution >= 4 is 11.8 Å². The molecule has 1 saturated heterocycles. The van der Waals surface area contributed by atoms with Crippen molar-refractivity contribution < 1.29 is 14.3 Å². The van der Waals surface area contributed by atoms with E-state index in [1.54, 1.807) is 12.1 Å². The van der Waals surface area contributed by atoms with Crippen LogP contribution in [0.15, 0.2) is 29.3 Å². The number of aliphatic imine (C=N–C) groups is 1. The van der Waals surface area contributed by atoms with Gasteiger partial charge in [0.1, 0.15) is 11.9 Å². The molecule has 84 valence electrons. The lowest BCUT2D eigenvalue weighted by molar-refractivity contribution is 0.0256. The molecule has 0 bridgehead atoms. The predicted molar refractivity (Wildman–Crippen MR) is 58.7 cm³/mol. The molecular weight excluding hydrogens is 206 g/mol. The second-order valence-corrected chi connectivity index (χ2v) is 3.63. The van der Waals surface area contributed by atoms with Crippen molar-refractivity contribution in [3.8, 4) is 5.75 Å². The van der Waals surface area contributed by atoms with Crippen LogP contribution in [0, 0.1) is 0 Å². The van der Waals surface area contributed by atoms with E-state index in [1.807, 2.05) is 12.1 Å². The second-order valence-electron chi connectivity index (χ2n) is 3.63. The molecule has 0 saturated carbocycles. The molecule has 1 heterocycles. The number of benzene rings is 1. The van der Waals surface area contributed by atoms with Crippen molar-refractivity contribution in [1.29, 1.82) is 0 Å². The van der Waals surface area contributed by atoms with Crippen LogP contribution in [-0.2, 0) is 9.53 Å². The summed E-state index contributed by atoms with van der Waals surface area (Å²) in [6.07, 6.45) is 3.58. The summed E-state index contributed by atoms with van der Waals surface area (Å²) < 4.78 is 11.0. The van der Waals surface area contributed by atoms with Crippen LogP contribution in [0.4, 0.5) is 5.69 Å². The molecule has 1 aliphatic heterocycles. The Bertz CT molecular complexity index is 376. The minimum absolute atomic E-state index is 0.231. The first-order valence-corrected chi connectivity index (χ1v) is 5.31. The lowest BCUT2D eigenvalue weighted by atomic mass is 10.1. The molecule has 1 aromatic rings. The summed E-state index contributed by atoms with van der Waals surface area (Å²) in [6.45, 7) is 1.52. The number of carbonyl (C=O) groups excluding carboxylic acids is 1. The third kappa shape index (κ3) is 2.92. The van der Waals surface area contributed by atoms with Crippen molar-refractivity contribution in [2.24, 2.45) is 4.99 Å². The average molecular weight is 219 g/mol. The van der Waals surface area contributed by atoms with Crippen LogP contribution in [-0.4, -0.2) is 25.4 Å². The zero-order chi connectivity index (χ0) is 11.2. The quantitative estimate of drug-likeness (QED) is 0.578. The average Bonchev–Trinajstić information content (AvgIpc) is 2.33. The maximum Gasteiger partial charge on any atom is 0.240 e. The van der Waals surface area contributed by atoms with Crippen molar-refractivity contribution in [3.63, 3.8) is 0 Å². The molecule has 0 aliphatic carbocycles. The molecule has 0 amide bonds. The molecule has 0 spiro atoms. The number of rotatable bonds is 3. The van der Waals surface area contributed by atoms with E-state index in [1.165, 1.54) is 6.08 Å². The van der Waals surface area contributed by atoms with Gasteiger partial charge in [0, 0.05) is 12.8 Å². The second kappa shape index (κ2) is 5.45. The molecule has 1 aliphatic rings. The number of hydrogen-bond acceptors (Lipinski definition) is 4. The summed E-state index contributed by atoms with van der Waals surface area (Å²) >= 11 is 0. The van der Waals surface area contributed by atoms with Crippen LogP contribution < -0.4 is 4.74 Å². The normalized spacial score (nSPS) is 16.5. The summed E-state index contributed by atoms with van der Waals surface area (Å²) in [6, 6.07) is 7.09. The Morgan fingerprint density at radius 3 is 2.56 bits per heavy atom. The topological polar surface area (TPSA) is 47.9 Å². The van der Waals surface area contributed by atoms with E-state index in [2.05, 4.69) is 4.99 Å². The van der Waals surface area contributed by atoms with Crippen molar-refractivity contribution in [2.45, 2.75) is 18.9 Å². The van der Waals surface area contributed by atoms with Gasteiger partial charge in [0.2, 0.25) is 6.08 Å². The Labute approximate surface area is 93.9 Å². The molecule has 0 radical (unpaired) electrons. The maximum absolute atomic E-state index is 10.0. The zero-order valence-electron chi connectivity index (χ0n) is 8.89. The minimum atomic E-state index is 0.231. The van der Waals surface area contributed by atoms with Crippen LogP contribution in [0.2, 0.25) is 0 Å². The third-order valence-corrected chi connectivity index (χ3v) is 2.48. The van der Waals surface area contributed by atoms with Gasteiger partial charge in [0.25, 0.3) is 0 Å². The molecule has 0 atom stereocenters. The molecule has 16 heavy (non-hydrogen) atoms. The zero-order valence-corrected chi connectivity index (χ0v) is 8.89. The van der Waals surface area contributed by atoms with Gasteiger partial charge in [-0.3, -0.25) is 0 Å². The van der Waals surface area contributed by atoms with Crippen molar-refractivity contribution in [3.05, 3.63) is 24.3 Å². The highest BCUT2D eigenvalue weighted by Crippen LogP contribution is 2.21. The van der Waals surface area contributed by atoms with Gasteiger partial charge in [-0.05, 0) is 24.3 Å². The van der Waals surface area contributed by atoms with Gasteiger partial charge in [0.15, 0.2) is 0 Å². The highest BCUT2D eigenvalue weighted by molar-refractivity contribution is 5.50. The van der Waals surface area contributed by atoms with Crippen molar-refractivity contribution in [2.75, 3.05) is 13.2 Å². The highest BCUT2D eigenvalue weighted by atomic mass is 16.5. The lowest BCUT2D eigenvalue weighted by Gasteiger charge is -2.23. The van der Waals surface area contributed by atoms with E-state index in [0.717, 1.165) is 31.8 Å². The molecule has 1 aromatic carbocycles. The summed E-state index contributed by atoms with van der Waals surface area (Å²) in [5.74, 6) is 0.803. The molecule has 4 nitrogen and oxygen atoms in total. The van der Waals surface area contributed by atoms with Gasteiger partial charge < -0.3 is 9.47 Å². The van der Waals surface area contributed by atoms with Crippen LogP contribution in [0.3, 0.4) is 0 Å². The predicted octanol–water partition coefficient (Wildman–Crippen LogP) is 2.21. The summed E-state index contributed by atoms with van der Waals surface area (Å²) in [7, 11) is 0. The number of ether oxygens (including phenoxy) is 2. The van der Waals surface area contributed by atoms with Gasteiger partial charge in [0.05, 0.1) is 18.9 Å². The first-order chi connectivity index (χ1) is 7.88. The van der Waals surface area contributed by atoms with E-state index in [4.69, 9.17) is 9.47 Å². The maximum atomic E-state index is 10.0. The summed E-state index contributed by atoms with van der Waals surface area (Å²) in [5.41, 5.74) is 0.592. The van der Waals surface area contributed by atoms with Gasteiger partial charge in [-0.25, -0.2) is 4.79 Å². The Balaban J connectivity index is 1.96. The molecule has 2 rings (SSSR count). The highest BCUT2D eigenvalue weighted by Gasteiger charge is 2.14. The first-order valence-electron chi connectivity index (χ1n) is 5.31. The fraction of sp³-hybridized carbons (Fsp3) is 0.417. The van der Waals surface area contributed by atoms with E-state index >= 15 is 0 Å². The van der Waals surface area contributed by atoms with Gasteiger partial charge in [-0.1, -0.05) is 0 Å². The van der Waals surface area contributed by atoms with Crippen LogP contribution in [0.1, 0.15) is 12.8 Å². The number of isocyanates is 1. The molecular formula is C12H13NO3. The van der Waals surface area contributed by atoms with Crippen LogP contribution in [0.5, 0.6) is 5.75 Å². The fourth-order valence-corrected chi connectivity index (χ4v) is 1.64. The fourth-order valence-electron chi connectivity index (χ4n) is 1.64. The molecule has 4 heteroatoms. The molecule has 0 aromatic heterocycles.